The van der Waals surface area contributed by atoms with Gasteiger partial charge in [-0.25, -0.2) is 4.79 Å². The number of nitrogens with zero attached hydrogens (tertiary/aromatic N) is 1. The summed E-state index contributed by atoms with van der Waals surface area (Å²) in [5.74, 6) is 0.821. The van der Waals surface area contributed by atoms with Crippen LogP contribution in [0.4, 0.5) is 0 Å². The molecular formula is C13H10BrNO5. The summed E-state index contributed by atoms with van der Waals surface area (Å²) in [6.07, 6.45) is 0. The molecule has 0 radical (unpaired) electrons. The van der Waals surface area contributed by atoms with E-state index in [0.29, 0.717) is 17.2 Å². The van der Waals surface area contributed by atoms with Gasteiger partial charge in [-0.15, -0.1) is 0 Å². The molecule has 6 nitrogen and oxygen atoms in total. The molecule has 3 rings (SSSR count). The highest BCUT2D eigenvalue weighted by Crippen LogP contribution is 2.37. The molecule has 1 aliphatic heterocycles. The van der Waals surface area contributed by atoms with Crippen LogP contribution >= 0.6 is 15.9 Å². The van der Waals surface area contributed by atoms with Crippen molar-refractivity contribution in [2.75, 3.05) is 6.79 Å². The second-order valence-electron chi connectivity index (χ2n) is 4.21. The Kier molecular flexibility index (Phi) is 3.35. The maximum atomic E-state index is 11.7. The van der Waals surface area contributed by atoms with Gasteiger partial charge in [-0.05, 0) is 19.1 Å². The Labute approximate surface area is 122 Å². The SMILES string of the molecule is Cc1cc(C(=O)OCc2cc3c(cc2Br)OCO3)on1. The largest absolute Gasteiger partial charge is 0.455 e. The summed E-state index contributed by atoms with van der Waals surface area (Å²) < 4.78 is 21.3. The molecule has 0 unspecified atom stereocenters. The Balaban J connectivity index is 1.71. The highest BCUT2D eigenvalue weighted by molar-refractivity contribution is 9.10. The van der Waals surface area contributed by atoms with Gasteiger partial charge < -0.3 is 18.7 Å². The molecule has 1 aromatic carbocycles. The Hall–Kier alpha value is -2.02. The number of hydrogen-bond acceptors (Lipinski definition) is 6. The first kappa shape index (κ1) is 13.0. The minimum Gasteiger partial charge on any atom is -0.455 e. The number of aryl methyl sites for hydroxylation is 1. The molecule has 0 bridgehead atoms. The van der Waals surface area contributed by atoms with E-state index in [1.54, 1.807) is 19.1 Å². The lowest BCUT2D eigenvalue weighted by Gasteiger charge is -2.06. The fraction of sp³-hybridized carbons (Fsp3) is 0.231. The van der Waals surface area contributed by atoms with E-state index in [0.717, 1.165) is 10.0 Å². The summed E-state index contributed by atoms with van der Waals surface area (Å²) in [5.41, 5.74) is 1.40. The van der Waals surface area contributed by atoms with E-state index in [4.69, 9.17) is 18.7 Å². The number of rotatable bonds is 3. The van der Waals surface area contributed by atoms with Crippen LogP contribution in [0.2, 0.25) is 0 Å². The van der Waals surface area contributed by atoms with Crippen molar-refractivity contribution in [3.8, 4) is 11.5 Å². The van der Waals surface area contributed by atoms with Crippen LogP contribution < -0.4 is 9.47 Å². The number of carbonyl (C=O) groups is 1. The zero-order valence-electron chi connectivity index (χ0n) is 10.5. The van der Waals surface area contributed by atoms with Gasteiger partial charge in [0.25, 0.3) is 0 Å². The number of carbonyl (C=O) groups excluding carboxylic acids is 1. The summed E-state index contributed by atoms with van der Waals surface area (Å²) in [7, 11) is 0. The normalized spacial score (nSPS) is 12.5. The van der Waals surface area contributed by atoms with Crippen LogP contribution in [0, 0.1) is 6.92 Å². The number of fused-ring (bicyclic) bond motifs is 1. The van der Waals surface area contributed by atoms with E-state index in [9.17, 15) is 4.79 Å². The average molecular weight is 340 g/mol. The number of halogens is 1. The third-order valence-electron chi connectivity index (χ3n) is 2.73. The maximum Gasteiger partial charge on any atom is 0.377 e. The van der Waals surface area contributed by atoms with E-state index in [2.05, 4.69) is 21.1 Å². The van der Waals surface area contributed by atoms with Gasteiger partial charge in [-0.1, -0.05) is 21.1 Å². The van der Waals surface area contributed by atoms with Crippen molar-refractivity contribution in [3.63, 3.8) is 0 Å². The number of hydrogen-bond donors (Lipinski definition) is 0. The van der Waals surface area contributed by atoms with Crippen molar-refractivity contribution < 1.29 is 23.5 Å². The number of aromatic nitrogens is 1. The minimum atomic E-state index is -0.560. The van der Waals surface area contributed by atoms with E-state index in [1.165, 1.54) is 6.07 Å². The van der Waals surface area contributed by atoms with Crippen molar-refractivity contribution in [1.29, 1.82) is 0 Å². The van der Waals surface area contributed by atoms with Crippen molar-refractivity contribution in [2.45, 2.75) is 13.5 Å². The van der Waals surface area contributed by atoms with Gasteiger partial charge in [0.05, 0.1) is 5.69 Å². The van der Waals surface area contributed by atoms with E-state index < -0.39 is 5.97 Å². The highest BCUT2D eigenvalue weighted by Gasteiger charge is 2.18. The molecule has 2 aromatic rings. The van der Waals surface area contributed by atoms with Crippen LogP contribution in [0.15, 0.2) is 27.2 Å². The van der Waals surface area contributed by atoms with Gasteiger partial charge in [0.15, 0.2) is 11.5 Å². The molecule has 2 heterocycles. The highest BCUT2D eigenvalue weighted by atomic mass is 79.9. The predicted molar refractivity (Wildman–Crippen MR) is 70.6 cm³/mol. The molecule has 0 amide bonds. The quantitative estimate of drug-likeness (QED) is 0.800. The Morgan fingerprint density at radius 1 is 1.35 bits per heavy atom. The molecule has 0 aliphatic carbocycles. The van der Waals surface area contributed by atoms with Gasteiger partial charge in [0.1, 0.15) is 6.61 Å². The van der Waals surface area contributed by atoms with E-state index in [-0.39, 0.29) is 19.2 Å². The van der Waals surface area contributed by atoms with Crippen LogP contribution in [0.25, 0.3) is 0 Å². The zero-order valence-corrected chi connectivity index (χ0v) is 12.1. The molecule has 0 spiro atoms. The van der Waals surface area contributed by atoms with Crippen molar-refractivity contribution >= 4 is 21.9 Å². The fourth-order valence-corrected chi connectivity index (χ4v) is 2.18. The van der Waals surface area contributed by atoms with E-state index in [1.807, 2.05) is 0 Å². The number of esters is 1. The van der Waals surface area contributed by atoms with Gasteiger partial charge in [0, 0.05) is 16.1 Å². The second-order valence-corrected chi connectivity index (χ2v) is 5.06. The van der Waals surface area contributed by atoms with Crippen LogP contribution in [-0.4, -0.2) is 17.9 Å². The third-order valence-corrected chi connectivity index (χ3v) is 3.47. The van der Waals surface area contributed by atoms with Crippen molar-refractivity contribution in [1.82, 2.24) is 5.16 Å². The molecule has 0 fully saturated rings. The van der Waals surface area contributed by atoms with Gasteiger partial charge >= 0.3 is 5.97 Å². The molecule has 7 heteroatoms. The fourth-order valence-electron chi connectivity index (χ4n) is 1.74. The van der Waals surface area contributed by atoms with Gasteiger partial charge in [-0.3, -0.25) is 0 Å². The lowest BCUT2D eigenvalue weighted by Crippen LogP contribution is -2.04. The van der Waals surface area contributed by atoms with Crippen LogP contribution in [0.1, 0.15) is 21.8 Å². The van der Waals surface area contributed by atoms with Crippen molar-refractivity contribution in [2.24, 2.45) is 0 Å². The summed E-state index contributed by atoms with van der Waals surface area (Å²) in [5, 5.41) is 3.64. The summed E-state index contributed by atoms with van der Waals surface area (Å²) in [6.45, 7) is 2.02. The molecule has 1 aromatic heterocycles. The zero-order chi connectivity index (χ0) is 14.1. The molecule has 1 aliphatic rings. The smallest absolute Gasteiger partial charge is 0.377 e. The molecule has 0 N–H and O–H groups in total. The number of benzene rings is 1. The Morgan fingerprint density at radius 3 is 2.80 bits per heavy atom. The Bertz CT molecular complexity index is 667. The lowest BCUT2D eigenvalue weighted by molar-refractivity contribution is 0.0424. The standard InChI is InChI=1S/C13H10BrNO5/c1-7-2-12(20-15-7)13(16)17-5-8-3-10-11(4-9(8)14)19-6-18-10/h2-4H,5-6H2,1H3. The third kappa shape index (κ3) is 2.49. The first-order valence-electron chi connectivity index (χ1n) is 5.82. The van der Waals surface area contributed by atoms with Crippen LogP contribution in [0.5, 0.6) is 11.5 Å². The van der Waals surface area contributed by atoms with E-state index >= 15 is 0 Å². The summed E-state index contributed by atoms with van der Waals surface area (Å²) in [6, 6.07) is 5.08. The molecule has 0 saturated carbocycles. The maximum absolute atomic E-state index is 11.7. The molecular weight excluding hydrogens is 330 g/mol. The topological polar surface area (TPSA) is 70.8 Å². The first-order chi connectivity index (χ1) is 9.63. The first-order valence-corrected chi connectivity index (χ1v) is 6.61. The molecule has 0 atom stereocenters. The lowest BCUT2D eigenvalue weighted by atomic mass is 10.2. The second kappa shape index (κ2) is 5.16. The van der Waals surface area contributed by atoms with Gasteiger partial charge in [-0.2, -0.15) is 0 Å². The number of ether oxygens (including phenoxy) is 3. The van der Waals surface area contributed by atoms with Gasteiger partial charge in [0.2, 0.25) is 12.6 Å². The summed E-state index contributed by atoms with van der Waals surface area (Å²) in [4.78, 5) is 11.7. The predicted octanol–water partition coefficient (Wildman–Crippen LogP) is 2.83. The molecule has 0 saturated heterocycles. The minimum absolute atomic E-state index is 0.0827. The average Bonchev–Trinajstić information content (AvgIpc) is 3.04. The van der Waals surface area contributed by atoms with Crippen molar-refractivity contribution in [3.05, 3.63) is 39.7 Å². The Morgan fingerprint density at radius 2 is 2.10 bits per heavy atom. The molecule has 20 heavy (non-hydrogen) atoms. The van der Waals surface area contributed by atoms with Crippen LogP contribution in [0.3, 0.4) is 0 Å². The monoisotopic (exact) mass is 339 g/mol. The van der Waals surface area contributed by atoms with Crippen LogP contribution in [-0.2, 0) is 11.3 Å². The molecule has 104 valence electrons. The summed E-state index contributed by atoms with van der Waals surface area (Å²) >= 11 is 3.40.